The van der Waals surface area contributed by atoms with Crippen molar-refractivity contribution in [1.82, 2.24) is 4.90 Å². The Labute approximate surface area is 119 Å². The van der Waals surface area contributed by atoms with Gasteiger partial charge in [0.25, 0.3) is 0 Å². The van der Waals surface area contributed by atoms with Crippen LogP contribution in [-0.4, -0.2) is 30.3 Å². The van der Waals surface area contributed by atoms with Crippen LogP contribution in [0.25, 0.3) is 11.0 Å². The standard InChI is InChI=1S/C17H21NO2/c1-12-7-13(2)9-18(8-12)10-16(19)15-11-20-17-6-4-3-5-14(15)17/h3-6,11-13H,7-10H2,1-2H3. The number of piperidine rings is 1. The molecule has 3 heteroatoms. The van der Waals surface area contributed by atoms with Gasteiger partial charge in [-0.1, -0.05) is 32.0 Å². The number of furan rings is 1. The van der Waals surface area contributed by atoms with E-state index in [1.807, 2.05) is 24.3 Å². The Morgan fingerprint density at radius 2 is 1.95 bits per heavy atom. The van der Waals surface area contributed by atoms with E-state index in [1.165, 1.54) is 6.42 Å². The van der Waals surface area contributed by atoms with Gasteiger partial charge in [0.15, 0.2) is 5.78 Å². The summed E-state index contributed by atoms with van der Waals surface area (Å²) in [7, 11) is 0. The number of ketones is 1. The van der Waals surface area contributed by atoms with E-state index in [0.717, 1.165) is 24.1 Å². The van der Waals surface area contributed by atoms with E-state index in [-0.39, 0.29) is 5.78 Å². The van der Waals surface area contributed by atoms with Crippen LogP contribution in [0.5, 0.6) is 0 Å². The maximum Gasteiger partial charge on any atom is 0.180 e. The fourth-order valence-electron chi connectivity index (χ4n) is 3.40. The summed E-state index contributed by atoms with van der Waals surface area (Å²) in [6, 6.07) is 7.72. The molecule has 0 N–H and O–H groups in total. The smallest absolute Gasteiger partial charge is 0.180 e. The maximum absolute atomic E-state index is 12.5. The SMILES string of the molecule is CC1CC(C)CN(CC(=O)c2coc3ccccc23)C1. The van der Waals surface area contributed by atoms with Gasteiger partial charge >= 0.3 is 0 Å². The van der Waals surface area contributed by atoms with E-state index in [2.05, 4.69) is 18.7 Å². The zero-order valence-electron chi connectivity index (χ0n) is 12.1. The summed E-state index contributed by atoms with van der Waals surface area (Å²) in [5, 5.41) is 0.926. The first-order valence-electron chi connectivity index (χ1n) is 7.35. The predicted molar refractivity (Wildman–Crippen MR) is 79.9 cm³/mol. The number of carbonyl (C=O) groups is 1. The van der Waals surface area contributed by atoms with Crippen molar-refractivity contribution in [3.05, 3.63) is 36.1 Å². The van der Waals surface area contributed by atoms with Crippen molar-refractivity contribution < 1.29 is 9.21 Å². The van der Waals surface area contributed by atoms with Gasteiger partial charge in [0.1, 0.15) is 11.8 Å². The first-order valence-corrected chi connectivity index (χ1v) is 7.35. The lowest BCUT2D eigenvalue weighted by Gasteiger charge is -2.34. The molecule has 3 rings (SSSR count). The molecular weight excluding hydrogens is 250 g/mol. The lowest BCUT2D eigenvalue weighted by molar-refractivity contribution is 0.0850. The summed E-state index contributed by atoms with van der Waals surface area (Å²) in [6.07, 6.45) is 2.86. The number of rotatable bonds is 3. The highest BCUT2D eigenvalue weighted by atomic mass is 16.3. The average molecular weight is 271 g/mol. The zero-order valence-corrected chi connectivity index (χ0v) is 12.1. The molecule has 2 aromatic rings. The zero-order chi connectivity index (χ0) is 14.1. The summed E-state index contributed by atoms with van der Waals surface area (Å²) in [5.74, 6) is 1.51. The Kier molecular flexibility index (Phi) is 3.62. The van der Waals surface area contributed by atoms with Crippen LogP contribution in [0.2, 0.25) is 0 Å². The molecule has 3 nitrogen and oxygen atoms in total. The lowest BCUT2D eigenvalue weighted by atomic mass is 9.91. The highest BCUT2D eigenvalue weighted by molar-refractivity contribution is 6.08. The second kappa shape index (κ2) is 5.41. The van der Waals surface area contributed by atoms with Crippen LogP contribution in [0.1, 0.15) is 30.6 Å². The molecule has 1 saturated heterocycles. The fourth-order valence-corrected chi connectivity index (χ4v) is 3.40. The Morgan fingerprint density at radius 3 is 2.70 bits per heavy atom. The van der Waals surface area contributed by atoms with Gasteiger partial charge in [-0.3, -0.25) is 9.69 Å². The number of fused-ring (bicyclic) bond motifs is 1. The van der Waals surface area contributed by atoms with Crippen LogP contribution in [-0.2, 0) is 0 Å². The summed E-state index contributed by atoms with van der Waals surface area (Å²) in [6.45, 7) is 7.07. The molecule has 106 valence electrons. The number of hydrogen-bond donors (Lipinski definition) is 0. The Morgan fingerprint density at radius 1 is 1.25 bits per heavy atom. The first-order chi connectivity index (χ1) is 9.63. The molecular formula is C17H21NO2. The molecule has 1 aromatic heterocycles. The third-order valence-corrected chi connectivity index (χ3v) is 4.09. The van der Waals surface area contributed by atoms with Crippen molar-refractivity contribution in [2.75, 3.05) is 19.6 Å². The molecule has 0 spiro atoms. The van der Waals surface area contributed by atoms with E-state index >= 15 is 0 Å². The third kappa shape index (κ3) is 2.63. The van der Waals surface area contributed by atoms with Crippen molar-refractivity contribution in [3.8, 4) is 0 Å². The largest absolute Gasteiger partial charge is 0.464 e. The Balaban J connectivity index is 1.76. The predicted octanol–water partition coefficient (Wildman–Crippen LogP) is 3.59. The molecule has 1 aliphatic heterocycles. The quantitative estimate of drug-likeness (QED) is 0.800. The minimum atomic E-state index is 0.163. The summed E-state index contributed by atoms with van der Waals surface area (Å²) >= 11 is 0. The molecule has 2 atom stereocenters. The molecule has 1 aliphatic rings. The topological polar surface area (TPSA) is 33.5 Å². The molecule has 0 radical (unpaired) electrons. The minimum Gasteiger partial charge on any atom is -0.464 e. The van der Waals surface area contributed by atoms with Crippen molar-refractivity contribution in [2.24, 2.45) is 11.8 Å². The van der Waals surface area contributed by atoms with Gasteiger partial charge in [-0.05, 0) is 24.3 Å². The molecule has 2 unspecified atom stereocenters. The second-order valence-electron chi connectivity index (χ2n) is 6.21. The maximum atomic E-state index is 12.5. The van der Waals surface area contributed by atoms with Gasteiger partial charge in [0, 0.05) is 18.5 Å². The Bertz CT molecular complexity index is 606. The van der Waals surface area contributed by atoms with Gasteiger partial charge in [-0.2, -0.15) is 0 Å². The molecule has 2 heterocycles. The molecule has 0 saturated carbocycles. The van der Waals surface area contributed by atoms with Crippen LogP contribution in [0.4, 0.5) is 0 Å². The van der Waals surface area contributed by atoms with Crippen molar-refractivity contribution in [3.63, 3.8) is 0 Å². The third-order valence-electron chi connectivity index (χ3n) is 4.09. The summed E-state index contributed by atoms with van der Waals surface area (Å²) < 4.78 is 5.46. The molecule has 1 aromatic carbocycles. The number of carbonyl (C=O) groups excluding carboxylic acids is 1. The highest BCUT2D eigenvalue weighted by Gasteiger charge is 2.24. The molecule has 0 amide bonds. The summed E-state index contributed by atoms with van der Waals surface area (Å²) in [4.78, 5) is 14.8. The van der Waals surface area contributed by atoms with Crippen LogP contribution >= 0.6 is 0 Å². The van der Waals surface area contributed by atoms with Crippen molar-refractivity contribution in [1.29, 1.82) is 0 Å². The molecule has 1 fully saturated rings. The number of Topliss-reactive ketones (excluding diaryl/α,β-unsaturated/α-hetero) is 1. The van der Waals surface area contributed by atoms with Gasteiger partial charge in [-0.15, -0.1) is 0 Å². The Hall–Kier alpha value is -1.61. The first kappa shape index (κ1) is 13.4. The van der Waals surface area contributed by atoms with E-state index in [1.54, 1.807) is 6.26 Å². The molecule has 0 aliphatic carbocycles. The van der Waals surface area contributed by atoms with Crippen LogP contribution in [0.15, 0.2) is 34.9 Å². The highest BCUT2D eigenvalue weighted by Crippen LogP contribution is 2.24. The normalized spacial score (nSPS) is 24.1. The van der Waals surface area contributed by atoms with E-state index < -0.39 is 0 Å². The van der Waals surface area contributed by atoms with Crippen molar-refractivity contribution in [2.45, 2.75) is 20.3 Å². The number of hydrogen-bond acceptors (Lipinski definition) is 3. The number of nitrogens with zero attached hydrogens (tertiary/aromatic N) is 1. The van der Waals surface area contributed by atoms with Crippen LogP contribution in [0, 0.1) is 11.8 Å². The number of benzene rings is 1. The number of likely N-dealkylation sites (tertiary alicyclic amines) is 1. The summed E-state index contributed by atoms with van der Waals surface area (Å²) in [5.41, 5.74) is 1.50. The van der Waals surface area contributed by atoms with Crippen LogP contribution in [0.3, 0.4) is 0 Å². The monoisotopic (exact) mass is 271 g/mol. The van der Waals surface area contributed by atoms with E-state index in [0.29, 0.717) is 23.9 Å². The lowest BCUT2D eigenvalue weighted by Crippen LogP contribution is -2.41. The van der Waals surface area contributed by atoms with Gasteiger partial charge in [0.2, 0.25) is 0 Å². The van der Waals surface area contributed by atoms with Gasteiger partial charge in [0.05, 0.1) is 12.1 Å². The number of para-hydroxylation sites is 1. The minimum absolute atomic E-state index is 0.163. The van der Waals surface area contributed by atoms with Crippen molar-refractivity contribution >= 4 is 16.8 Å². The van der Waals surface area contributed by atoms with Crippen LogP contribution < -0.4 is 0 Å². The average Bonchev–Trinajstić information content (AvgIpc) is 2.81. The van der Waals surface area contributed by atoms with E-state index in [9.17, 15) is 4.79 Å². The molecule has 20 heavy (non-hydrogen) atoms. The van der Waals surface area contributed by atoms with Gasteiger partial charge in [-0.25, -0.2) is 0 Å². The molecule has 0 bridgehead atoms. The van der Waals surface area contributed by atoms with Gasteiger partial charge < -0.3 is 4.42 Å². The second-order valence-corrected chi connectivity index (χ2v) is 6.21. The van der Waals surface area contributed by atoms with E-state index in [4.69, 9.17) is 4.42 Å². The fraction of sp³-hybridized carbons (Fsp3) is 0.471.